The summed E-state index contributed by atoms with van der Waals surface area (Å²) < 4.78 is 35.4. The van der Waals surface area contributed by atoms with E-state index in [4.69, 9.17) is 5.14 Å². The van der Waals surface area contributed by atoms with E-state index in [0.717, 1.165) is 0 Å². The van der Waals surface area contributed by atoms with E-state index in [1.165, 1.54) is 42.5 Å². The predicted octanol–water partition coefficient (Wildman–Crippen LogP) is 1.87. The first kappa shape index (κ1) is 15.1. The van der Waals surface area contributed by atoms with Gasteiger partial charge in [0, 0.05) is 5.69 Å². The Balaban J connectivity index is 2.10. The van der Waals surface area contributed by atoms with Crippen molar-refractivity contribution in [3.05, 3.63) is 65.5 Å². The van der Waals surface area contributed by atoms with Crippen LogP contribution in [0.15, 0.2) is 48.5 Å². The molecule has 110 valence electrons. The van der Waals surface area contributed by atoms with Crippen molar-refractivity contribution in [3.8, 4) is 0 Å². The largest absolute Gasteiger partial charge is 0.322 e. The lowest BCUT2D eigenvalue weighted by Gasteiger charge is -2.07. The molecular weight excluding hydrogens is 295 g/mol. The van der Waals surface area contributed by atoms with Crippen molar-refractivity contribution < 1.29 is 17.6 Å². The molecule has 21 heavy (non-hydrogen) atoms. The third-order valence-electron chi connectivity index (χ3n) is 2.70. The second-order valence-electron chi connectivity index (χ2n) is 4.44. The number of hydrogen-bond acceptors (Lipinski definition) is 3. The van der Waals surface area contributed by atoms with Crippen molar-refractivity contribution in [1.29, 1.82) is 0 Å². The molecule has 2 aromatic carbocycles. The first-order valence-corrected chi connectivity index (χ1v) is 7.72. The Morgan fingerprint density at radius 1 is 1.10 bits per heavy atom. The number of hydrogen-bond donors (Lipinski definition) is 2. The molecule has 0 aliphatic carbocycles. The van der Waals surface area contributed by atoms with Gasteiger partial charge in [-0.2, -0.15) is 0 Å². The van der Waals surface area contributed by atoms with E-state index < -0.39 is 21.7 Å². The summed E-state index contributed by atoms with van der Waals surface area (Å²) in [5.41, 5.74) is 0.869. The lowest BCUT2D eigenvalue weighted by Crippen LogP contribution is -2.15. The fraction of sp³-hybridized carbons (Fsp3) is 0.0714. The van der Waals surface area contributed by atoms with Gasteiger partial charge in [0.1, 0.15) is 5.82 Å². The highest BCUT2D eigenvalue weighted by Crippen LogP contribution is 2.14. The van der Waals surface area contributed by atoms with Crippen LogP contribution in [0.2, 0.25) is 0 Å². The molecule has 0 heterocycles. The predicted molar refractivity (Wildman–Crippen MR) is 77.6 cm³/mol. The normalized spacial score (nSPS) is 11.1. The molecule has 0 atom stereocenters. The Morgan fingerprint density at radius 3 is 2.29 bits per heavy atom. The summed E-state index contributed by atoms with van der Waals surface area (Å²) in [6, 6.07) is 11.7. The fourth-order valence-electron chi connectivity index (χ4n) is 1.76. The number of sulfonamides is 1. The van der Waals surface area contributed by atoms with Gasteiger partial charge < -0.3 is 5.32 Å². The molecule has 0 unspecified atom stereocenters. The number of benzene rings is 2. The summed E-state index contributed by atoms with van der Waals surface area (Å²) in [6.45, 7) is 0. The number of anilines is 1. The van der Waals surface area contributed by atoms with Gasteiger partial charge >= 0.3 is 0 Å². The second-order valence-corrected chi connectivity index (χ2v) is 6.05. The number of nitrogens with two attached hydrogens (primary N) is 1. The molecule has 0 bridgehead atoms. The quantitative estimate of drug-likeness (QED) is 0.903. The van der Waals surface area contributed by atoms with Crippen LogP contribution in [0, 0.1) is 5.82 Å². The summed E-state index contributed by atoms with van der Waals surface area (Å²) in [7, 11) is -3.60. The first-order valence-electron chi connectivity index (χ1n) is 6.00. The number of carbonyl (C=O) groups is 1. The lowest BCUT2D eigenvalue weighted by atomic mass is 10.2. The van der Waals surface area contributed by atoms with Gasteiger partial charge in [-0.05, 0) is 29.8 Å². The van der Waals surface area contributed by atoms with Gasteiger partial charge in [-0.15, -0.1) is 0 Å². The molecule has 5 nitrogen and oxygen atoms in total. The number of rotatable bonds is 4. The molecular formula is C14H13FN2O3S. The zero-order chi connectivity index (χ0) is 15.5. The smallest absolute Gasteiger partial charge is 0.258 e. The zero-order valence-corrected chi connectivity index (χ0v) is 11.7. The molecule has 0 saturated heterocycles. The molecule has 0 spiro atoms. The van der Waals surface area contributed by atoms with Gasteiger partial charge in [-0.3, -0.25) is 4.79 Å². The van der Waals surface area contributed by atoms with E-state index in [1.807, 2.05) is 0 Å². The van der Waals surface area contributed by atoms with Crippen molar-refractivity contribution >= 4 is 21.6 Å². The molecule has 0 aliphatic rings. The molecule has 1 amide bonds. The highest BCUT2D eigenvalue weighted by molar-refractivity contribution is 7.88. The van der Waals surface area contributed by atoms with Crippen molar-refractivity contribution in [1.82, 2.24) is 0 Å². The monoisotopic (exact) mass is 308 g/mol. The summed E-state index contributed by atoms with van der Waals surface area (Å²) in [5, 5.41) is 7.47. The topological polar surface area (TPSA) is 89.3 Å². The second kappa shape index (κ2) is 6.02. The van der Waals surface area contributed by atoms with E-state index >= 15 is 0 Å². The van der Waals surface area contributed by atoms with Gasteiger partial charge in [0.05, 0.1) is 11.3 Å². The number of halogens is 1. The lowest BCUT2D eigenvalue weighted by molar-refractivity contribution is 0.102. The van der Waals surface area contributed by atoms with Gasteiger partial charge in [0.2, 0.25) is 10.0 Å². The highest BCUT2D eigenvalue weighted by atomic mass is 32.2. The third kappa shape index (κ3) is 4.37. The van der Waals surface area contributed by atoms with E-state index in [2.05, 4.69) is 5.32 Å². The molecule has 0 fully saturated rings. The maximum Gasteiger partial charge on any atom is 0.258 e. The van der Waals surface area contributed by atoms with Gasteiger partial charge in [-0.25, -0.2) is 17.9 Å². The van der Waals surface area contributed by atoms with Crippen LogP contribution in [0.25, 0.3) is 0 Å². The zero-order valence-electron chi connectivity index (χ0n) is 10.9. The van der Waals surface area contributed by atoms with Crippen LogP contribution < -0.4 is 10.5 Å². The van der Waals surface area contributed by atoms with E-state index in [1.54, 1.807) is 6.07 Å². The maximum absolute atomic E-state index is 13.5. The molecule has 0 saturated carbocycles. The van der Waals surface area contributed by atoms with Gasteiger partial charge in [0.15, 0.2) is 0 Å². The Morgan fingerprint density at radius 2 is 1.71 bits per heavy atom. The number of primary sulfonamides is 1. The molecule has 3 N–H and O–H groups in total. The molecule has 2 rings (SSSR count). The summed E-state index contributed by atoms with van der Waals surface area (Å²) in [4.78, 5) is 11.9. The van der Waals surface area contributed by atoms with Crippen molar-refractivity contribution in [2.45, 2.75) is 5.75 Å². The van der Waals surface area contributed by atoms with Crippen LogP contribution in [0.1, 0.15) is 15.9 Å². The molecule has 7 heteroatoms. The van der Waals surface area contributed by atoms with Crippen molar-refractivity contribution in [2.75, 3.05) is 5.32 Å². The fourth-order valence-corrected chi connectivity index (χ4v) is 2.42. The van der Waals surface area contributed by atoms with Crippen molar-refractivity contribution in [2.24, 2.45) is 5.14 Å². The number of amides is 1. The summed E-state index contributed by atoms with van der Waals surface area (Å²) >= 11 is 0. The van der Waals surface area contributed by atoms with E-state index in [9.17, 15) is 17.6 Å². The van der Waals surface area contributed by atoms with Crippen LogP contribution in [0.5, 0.6) is 0 Å². The average Bonchev–Trinajstić information content (AvgIpc) is 2.40. The van der Waals surface area contributed by atoms with Gasteiger partial charge in [-0.1, -0.05) is 24.3 Å². The molecule has 0 aliphatic heterocycles. The van der Waals surface area contributed by atoms with E-state index in [-0.39, 0.29) is 11.3 Å². The van der Waals surface area contributed by atoms with Gasteiger partial charge in [0.25, 0.3) is 5.91 Å². The Hall–Kier alpha value is -2.25. The molecule has 0 radical (unpaired) electrons. The summed E-state index contributed by atoms with van der Waals surface area (Å²) in [5.74, 6) is -1.47. The van der Waals surface area contributed by atoms with Crippen LogP contribution in [0.4, 0.5) is 10.1 Å². The maximum atomic E-state index is 13.5. The van der Waals surface area contributed by atoms with Crippen molar-refractivity contribution in [3.63, 3.8) is 0 Å². The van der Waals surface area contributed by atoms with Crippen LogP contribution >= 0.6 is 0 Å². The third-order valence-corrected chi connectivity index (χ3v) is 3.43. The van der Waals surface area contributed by atoms with Crippen LogP contribution in [-0.2, 0) is 15.8 Å². The van der Waals surface area contributed by atoms with Crippen LogP contribution in [0.3, 0.4) is 0 Å². The Labute approximate surface area is 121 Å². The minimum atomic E-state index is -3.60. The number of nitrogens with one attached hydrogen (secondary N) is 1. The average molecular weight is 308 g/mol. The first-order chi connectivity index (χ1) is 9.85. The minimum absolute atomic E-state index is 0.0638. The minimum Gasteiger partial charge on any atom is -0.322 e. The highest BCUT2D eigenvalue weighted by Gasteiger charge is 2.11. The molecule has 0 aromatic heterocycles. The SMILES string of the molecule is NS(=O)(=O)Cc1ccc(NC(=O)c2ccccc2F)cc1. The Bertz CT molecular complexity index is 758. The molecule has 2 aromatic rings. The summed E-state index contributed by atoms with van der Waals surface area (Å²) in [6.07, 6.45) is 0. The Kier molecular flexibility index (Phi) is 4.35. The number of carbonyl (C=O) groups excluding carboxylic acids is 1. The standard InChI is InChI=1S/C14H13FN2O3S/c15-13-4-2-1-3-12(13)14(18)17-11-7-5-10(6-8-11)9-21(16,19)20/h1-8H,9H2,(H,17,18)(H2,16,19,20). The van der Waals surface area contributed by atoms with Crippen LogP contribution in [-0.4, -0.2) is 14.3 Å². The van der Waals surface area contributed by atoms with E-state index in [0.29, 0.717) is 11.3 Å².